The SMILES string of the molecule is CC(C)(C)C(=O)Nc1c2c(nc3ccccc13)CCCC2. The maximum Gasteiger partial charge on any atom is 0.229 e. The lowest BCUT2D eigenvalue weighted by Crippen LogP contribution is -2.28. The van der Waals surface area contributed by atoms with Gasteiger partial charge < -0.3 is 5.32 Å². The maximum atomic E-state index is 12.4. The minimum atomic E-state index is -0.397. The van der Waals surface area contributed by atoms with Gasteiger partial charge in [0.1, 0.15) is 0 Å². The van der Waals surface area contributed by atoms with Gasteiger partial charge in [-0.05, 0) is 37.3 Å². The molecule has 0 radical (unpaired) electrons. The highest BCUT2D eigenvalue weighted by molar-refractivity contribution is 6.04. The number of amides is 1. The Bertz CT molecular complexity index is 698. The van der Waals surface area contributed by atoms with Gasteiger partial charge in [0.25, 0.3) is 0 Å². The molecule has 3 heteroatoms. The molecule has 21 heavy (non-hydrogen) atoms. The molecule has 0 saturated carbocycles. The van der Waals surface area contributed by atoms with Crippen LogP contribution in [0.3, 0.4) is 0 Å². The van der Waals surface area contributed by atoms with Crippen LogP contribution < -0.4 is 5.32 Å². The van der Waals surface area contributed by atoms with Crippen LogP contribution >= 0.6 is 0 Å². The molecule has 1 heterocycles. The van der Waals surface area contributed by atoms with Gasteiger partial charge in [-0.15, -0.1) is 0 Å². The largest absolute Gasteiger partial charge is 0.325 e. The quantitative estimate of drug-likeness (QED) is 0.855. The van der Waals surface area contributed by atoms with E-state index in [0.717, 1.165) is 35.1 Å². The molecule has 1 aliphatic rings. The molecular formula is C18H22N2O. The van der Waals surface area contributed by atoms with Gasteiger partial charge in [-0.25, -0.2) is 0 Å². The molecule has 0 bridgehead atoms. The number of carbonyl (C=O) groups is 1. The Hall–Kier alpha value is -1.90. The Balaban J connectivity index is 2.16. The lowest BCUT2D eigenvalue weighted by Gasteiger charge is -2.24. The molecule has 0 fully saturated rings. The van der Waals surface area contributed by atoms with Crippen LogP contribution in [0.1, 0.15) is 44.9 Å². The van der Waals surface area contributed by atoms with Crippen molar-refractivity contribution < 1.29 is 4.79 Å². The highest BCUT2D eigenvalue weighted by Gasteiger charge is 2.25. The van der Waals surface area contributed by atoms with Gasteiger partial charge in [0.2, 0.25) is 5.91 Å². The third-order valence-corrected chi connectivity index (χ3v) is 4.09. The van der Waals surface area contributed by atoms with Gasteiger partial charge >= 0.3 is 0 Å². The molecule has 1 aromatic carbocycles. The van der Waals surface area contributed by atoms with Gasteiger partial charge in [-0.3, -0.25) is 9.78 Å². The summed E-state index contributed by atoms with van der Waals surface area (Å²) in [6, 6.07) is 8.08. The summed E-state index contributed by atoms with van der Waals surface area (Å²) in [5, 5.41) is 4.23. The molecule has 2 aromatic rings. The van der Waals surface area contributed by atoms with Gasteiger partial charge in [0.05, 0.1) is 11.2 Å². The van der Waals surface area contributed by atoms with Crippen molar-refractivity contribution in [2.45, 2.75) is 46.5 Å². The molecule has 1 aliphatic carbocycles. The number of nitrogens with zero attached hydrogens (tertiary/aromatic N) is 1. The summed E-state index contributed by atoms with van der Waals surface area (Å²) < 4.78 is 0. The summed E-state index contributed by atoms with van der Waals surface area (Å²) in [5.74, 6) is 0.0617. The number of para-hydroxylation sites is 1. The number of carbonyl (C=O) groups excluding carboxylic acids is 1. The zero-order valence-corrected chi connectivity index (χ0v) is 13.0. The van der Waals surface area contributed by atoms with Crippen LogP contribution in [0, 0.1) is 5.41 Å². The molecule has 3 rings (SSSR count). The van der Waals surface area contributed by atoms with Crippen LogP contribution in [0.15, 0.2) is 24.3 Å². The van der Waals surface area contributed by atoms with E-state index < -0.39 is 5.41 Å². The average Bonchev–Trinajstić information content (AvgIpc) is 2.46. The molecule has 0 saturated heterocycles. The van der Waals surface area contributed by atoms with E-state index in [1.165, 1.54) is 18.4 Å². The summed E-state index contributed by atoms with van der Waals surface area (Å²) >= 11 is 0. The fourth-order valence-corrected chi connectivity index (χ4v) is 2.82. The standard InChI is InChI=1S/C18H22N2O/c1-18(2,3)17(21)20-16-12-8-4-6-10-14(12)19-15-11-7-5-9-13(15)16/h4,6,8,10H,5,7,9,11H2,1-3H3,(H,19,20,21). The van der Waals surface area contributed by atoms with E-state index in [4.69, 9.17) is 4.98 Å². The summed E-state index contributed by atoms with van der Waals surface area (Å²) in [4.78, 5) is 17.2. The fourth-order valence-electron chi connectivity index (χ4n) is 2.82. The summed E-state index contributed by atoms with van der Waals surface area (Å²) in [5.41, 5.74) is 3.95. The van der Waals surface area contributed by atoms with Crippen molar-refractivity contribution in [1.29, 1.82) is 0 Å². The number of hydrogen-bond acceptors (Lipinski definition) is 2. The Labute approximate surface area is 125 Å². The van der Waals surface area contributed by atoms with Gasteiger partial charge in [-0.2, -0.15) is 0 Å². The van der Waals surface area contributed by atoms with E-state index in [1.807, 2.05) is 39.0 Å². The lowest BCUT2D eigenvalue weighted by molar-refractivity contribution is -0.123. The van der Waals surface area contributed by atoms with Gasteiger partial charge in [0, 0.05) is 16.5 Å². The Morgan fingerprint density at radius 3 is 2.62 bits per heavy atom. The van der Waals surface area contributed by atoms with Crippen LogP contribution in [0.25, 0.3) is 10.9 Å². The number of pyridine rings is 1. The third kappa shape index (κ3) is 2.65. The Kier molecular flexibility index (Phi) is 3.44. The van der Waals surface area contributed by atoms with Gasteiger partial charge in [0.15, 0.2) is 0 Å². The number of hydrogen-bond donors (Lipinski definition) is 1. The lowest BCUT2D eigenvalue weighted by atomic mass is 9.91. The minimum absolute atomic E-state index is 0.0617. The normalized spacial score (nSPS) is 14.8. The molecule has 0 unspecified atom stereocenters. The molecule has 3 nitrogen and oxygen atoms in total. The minimum Gasteiger partial charge on any atom is -0.325 e. The number of benzene rings is 1. The first kappa shape index (κ1) is 14.1. The molecule has 0 atom stereocenters. The molecular weight excluding hydrogens is 260 g/mol. The molecule has 1 N–H and O–H groups in total. The highest BCUT2D eigenvalue weighted by atomic mass is 16.2. The van der Waals surface area contributed by atoms with E-state index in [9.17, 15) is 4.79 Å². The predicted molar refractivity (Wildman–Crippen MR) is 86.5 cm³/mol. The van der Waals surface area contributed by atoms with Crippen molar-refractivity contribution in [2.75, 3.05) is 5.32 Å². The van der Waals surface area contributed by atoms with Crippen molar-refractivity contribution in [2.24, 2.45) is 5.41 Å². The summed E-state index contributed by atoms with van der Waals surface area (Å²) in [6.07, 6.45) is 4.38. The smallest absolute Gasteiger partial charge is 0.229 e. The maximum absolute atomic E-state index is 12.4. The molecule has 0 aliphatic heterocycles. The molecule has 1 amide bonds. The number of nitrogens with one attached hydrogen (secondary N) is 1. The summed E-state index contributed by atoms with van der Waals surface area (Å²) in [7, 11) is 0. The first-order valence-electron chi connectivity index (χ1n) is 7.69. The second-order valence-corrected chi connectivity index (χ2v) is 6.84. The van der Waals surface area contributed by atoms with Crippen LogP contribution in [-0.2, 0) is 17.6 Å². The zero-order chi connectivity index (χ0) is 15.0. The van der Waals surface area contributed by atoms with E-state index in [-0.39, 0.29) is 5.91 Å². The Morgan fingerprint density at radius 1 is 1.14 bits per heavy atom. The number of fused-ring (bicyclic) bond motifs is 2. The zero-order valence-electron chi connectivity index (χ0n) is 13.0. The third-order valence-electron chi connectivity index (χ3n) is 4.09. The van der Waals surface area contributed by atoms with Crippen molar-refractivity contribution in [3.05, 3.63) is 35.5 Å². The molecule has 1 aromatic heterocycles. The van der Waals surface area contributed by atoms with Crippen LogP contribution in [0.4, 0.5) is 5.69 Å². The van der Waals surface area contributed by atoms with Crippen molar-refractivity contribution >= 4 is 22.5 Å². The number of aryl methyl sites for hydroxylation is 1. The number of anilines is 1. The second-order valence-electron chi connectivity index (χ2n) is 6.84. The monoisotopic (exact) mass is 282 g/mol. The first-order chi connectivity index (χ1) is 9.97. The van der Waals surface area contributed by atoms with Crippen molar-refractivity contribution in [3.8, 4) is 0 Å². The van der Waals surface area contributed by atoms with E-state index >= 15 is 0 Å². The highest BCUT2D eigenvalue weighted by Crippen LogP contribution is 2.34. The topological polar surface area (TPSA) is 42.0 Å². The van der Waals surface area contributed by atoms with Crippen LogP contribution in [-0.4, -0.2) is 10.9 Å². The molecule has 110 valence electrons. The number of rotatable bonds is 1. The fraction of sp³-hybridized carbons (Fsp3) is 0.444. The van der Waals surface area contributed by atoms with Crippen molar-refractivity contribution in [3.63, 3.8) is 0 Å². The summed E-state index contributed by atoms with van der Waals surface area (Å²) in [6.45, 7) is 5.83. The Morgan fingerprint density at radius 2 is 1.86 bits per heavy atom. The number of aromatic nitrogens is 1. The van der Waals surface area contributed by atoms with E-state index in [1.54, 1.807) is 0 Å². The van der Waals surface area contributed by atoms with Crippen LogP contribution in [0.5, 0.6) is 0 Å². The van der Waals surface area contributed by atoms with E-state index in [2.05, 4.69) is 11.4 Å². The second kappa shape index (κ2) is 5.14. The van der Waals surface area contributed by atoms with Crippen LogP contribution in [0.2, 0.25) is 0 Å². The first-order valence-corrected chi connectivity index (χ1v) is 7.69. The predicted octanol–water partition coefficient (Wildman–Crippen LogP) is 4.10. The van der Waals surface area contributed by atoms with E-state index in [0.29, 0.717) is 0 Å². The van der Waals surface area contributed by atoms with Gasteiger partial charge in [-0.1, -0.05) is 39.0 Å². The average molecular weight is 282 g/mol. The van der Waals surface area contributed by atoms with Crippen molar-refractivity contribution in [1.82, 2.24) is 4.98 Å². The molecule has 0 spiro atoms.